The number of carbonyl (C=O) groups is 3. The highest BCUT2D eigenvalue weighted by Crippen LogP contribution is 2.30. The van der Waals surface area contributed by atoms with E-state index in [0.29, 0.717) is 25.9 Å². The molecule has 2 N–H and O–H groups in total. The van der Waals surface area contributed by atoms with E-state index in [1.807, 2.05) is 36.4 Å². The number of ether oxygens (including phenoxy) is 2. The number of amides is 2. The summed E-state index contributed by atoms with van der Waals surface area (Å²) in [6.07, 6.45) is 1.20. The van der Waals surface area contributed by atoms with Gasteiger partial charge in [0.2, 0.25) is 11.8 Å². The second-order valence-corrected chi connectivity index (χ2v) is 9.39. The van der Waals surface area contributed by atoms with E-state index in [2.05, 4.69) is 29.6 Å². The maximum absolute atomic E-state index is 12.6. The molecule has 1 aliphatic rings. The van der Waals surface area contributed by atoms with E-state index < -0.39 is 11.9 Å². The van der Waals surface area contributed by atoms with Crippen LogP contribution in [0.15, 0.2) is 78.9 Å². The molecule has 1 fully saturated rings. The number of hydrogen-bond donors (Lipinski definition) is 2. The molecule has 0 atom stereocenters. The van der Waals surface area contributed by atoms with Crippen LogP contribution in [-0.2, 0) is 19.1 Å². The van der Waals surface area contributed by atoms with Gasteiger partial charge in [0.1, 0.15) is 19.3 Å². The highest BCUT2D eigenvalue weighted by molar-refractivity contribution is 6.31. The van der Waals surface area contributed by atoms with Crippen molar-refractivity contribution in [1.82, 2.24) is 4.90 Å². The van der Waals surface area contributed by atoms with Crippen LogP contribution in [0.1, 0.15) is 40.4 Å². The maximum Gasteiger partial charge on any atom is 0.337 e. The quantitative estimate of drug-likeness (QED) is 0.386. The standard InChI is InChI=1S/C29H29ClN2O6/c30-22-11-12-25(24(17-22)29(35)36)31-26(33)18-37-19-27(34)32-15-13-23(14-16-32)38-28(20-7-3-1-4-8-20)21-9-5-2-6-10-21/h1-12,17,23,28H,13-16,18-19H2,(H,31,33)(H,35,36). The van der Waals surface area contributed by atoms with Crippen molar-refractivity contribution in [3.8, 4) is 0 Å². The lowest BCUT2D eigenvalue weighted by molar-refractivity contribution is -0.140. The first-order valence-electron chi connectivity index (χ1n) is 12.3. The van der Waals surface area contributed by atoms with Crippen molar-refractivity contribution in [2.45, 2.75) is 25.0 Å². The first kappa shape index (κ1) is 27.3. The number of aromatic carboxylic acids is 1. The van der Waals surface area contributed by atoms with E-state index in [1.54, 1.807) is 4.90 Å². The van der Waals surface area contributed by atoms with Crippen molar-refractivity contribution in [1.29, 1.82) is 0 Å². The second kappa shape index (κ2) is 13.2. The van der Waals surface area contributed by atoms with E-state index in [4.69, 9.17) is 21.1 Å². The molecule has 0 unspecified atom stereocenters. The summed E-state index contributed by atoms with van der Waals surface area (Å²) >= 11 is 5.83. The van der Waals surface area contributed by atoms with Crippen molar-refractivity contribution in [3.63, 3.8) is 0 Å². The molecule has 4 rings (SSSR count). The summed E-state index contributed by atoms with van der Waals surface area (Å²) in [5.74, 6) is -2.00. The fourth-order valence-electron chi connectivity index (χ4n) is 4.35. The summed E-state index contributed by atoms with van der Waals surface area (Å²) in [6.45, 7) is 0.426. The molecule has 9 heteroatoms. The molecule has 1 aliphatic heterocycles. The van der Waals surface area contributed by atoms with Gasteiger partial charge < -0.3 is 24.8 Å². The molecule has 8 nitrogen and oxygen atoms in total. The summed E-state index contributed by atoms with van der Waals surface area (Å²) in [4.78, 5) is 37.9. The molecular formula is C29H29ClN2O6. The van der Waals surface area contributed by atoms with Crippen LogP contribution in [0, 0.1) is 0 Å². The van der Waals surface area contributed by atoms with Crippen LogP contribution in [0.2, 0.25) is 5.02 Å². The Labute approximate surface area is 226 Å². The molecule has 0 aliphatic carbocycles. The number of rotatable bonds is 10. The van der Waals surface area contributed by atoms with Gasteiger partial charge in [-0.2, -0.15) is 0 Å². The monoisotopic (exact) mass is 536 g/mol. The Morgan fingerprint density at radius 1 is 0.921 bits per heavy atom. The number of likely N-dealkylation sites (tertiary alicyclic amines) is 1. The molecule has 2 amide bonds. The smallest absolute Gasteiger partial charge is 0.337 e. The number of carbonyl (C=O) groups excluding carboxylic acids is 2. The Morgan fingerprint density at radius 3 is 2.11 bits per heavy atom. The van der Waals surface area contributed by atoms with Crippen LogP contribution in [-0.4, -0.2) is 60.2 Å². The van der Waals surface area contributed by atoms with E-state index in [-0.39, 0.29) is 47.6 Å². The third-order valence-electron chi connectivity index (χ3n) is 6.27. The molecule has 0 aromatic heterocycles. The van der Waals surface area contributed by atoms with Crippen molar-refractivity contribution in [2.24, 2.45) is 0 Å². The van der Waals surface area contributed by atoms with Crippen LogP contribution < -0.4 is 5.32 Å². The minimum Gasteiger partial charge on any atom is -0.478 e. The van der Waals surface area contributed by atoms with Gasteiger partial charge >= 0.3 is 5.97 Å². The highest BCUT2D eigenvalue weighted by atomic mass is 35.5. The molecule has 198 valence electrons. The van der Waals surface area contributed by atoms with Crippen LogP contribution in [0.4, 0.5) is 5.69 Å². The summed E-state index contributed by atoms with van der Waals surface area (Å²) in [7, 11) is 0. The number of carboxylic acid groups (broad SMARTS) is 1. The van der Waals surface area contributed by atoms with E-state index >= 15 is 0 Å². The van der Waals surface area contributed by atoms with Gasteiger partial charge in [-0.1, -0.05) is 72.3 Å². The first-order valence-corrected chi connectivity index (χ1v) is 12.7. The van der Waals surface area contributed by atoms with Crippen molar-refractivity contribution >= 4 is 35.1 Å². The fraction of sp³-hybridized carbons (Fsp3) is 0.276. The van der Waals surface area contributed by atoms with Crippen molar-refractivity contribution in [3.05, 3.63) is 101 Å². The van der Waals surface area contributed by atoms with Gasteiger partial charge in [-0.25, -0.2) is 4.79 Å². The Balaban J connectivity index is 1.23. The van der Waals surface area contributed by atoms with Gasteiger partial charge in [-0.3, -0.25) is 9.59 Å². The maximum atomic E-state index is 12.6. The van der Waals surface area contributed by atoms with Gasteiger partial charge in [-0.05, 0) is 42.2 Å². The number of piperidine rings is 1. The molecule has 1 heterocycles. The summed E-state index contributed by atoms with van der Waals surface area (Å²) < 4.78 is 11.8. The second-order valence-electron chi connectivity index (χ2n) is 8.95. The van der Waals surface area contributed by atoms with Gasteiger partial charge in [0, 0.05) is 18.1 Å². The summed E-state index contributed by atoms with van der Waals surface area (Å²) in [5.41, 5.74) is 2.14. The van der Waals surface area contributed by atoms with Crippen molar-refractivity contribution in [2.75, 3.05) is 31.6 Å². The lowest BCUT2D eigenvalue weighted by atomic mass is 10.00. The van der Waals surface area contributed by atoms with E-state index in [0.717, 1.165) is 11.1 Å². The molecule has 1 saturated heterocycles. The summed E-state index contributed by atoms with van der Waals surface area (Å²) in [6, 6.07) is 24.3. The summed E-state index contributed by atoms with van der Waals surface area (Å²) in [5, 5.41) is 12.0. The van der Waals surface area contributed by atoms with Crippen LogP contribution in [0.5, 0.6) is 0 Å². The molecule has 3 aromatic carbocycles. The average Bonchev–Trinajstić information content (AvgIpc) is 2.94. The van der Waals surface area contributed by atoms with Gasteiger partial charge in [-0.15, -0.1) is 0 Å². The van der Waals surface area contributed by atoms with Crippen LogP contribution in [0.3, 0.4) is 0 Å². The lowest BCUT2D eigenvalue weighted by Crippen LogP contribution is -2.43. The largest absolute Gasteiger partial charge is 0.478 e. The molecule has 3 aromatic rings. The number of carboxylic acids is 1. The Bertz CT molecular complexity index is 1210. The molecule has 0 bridgehead atoms. The van der Waals surface area contributed by atoms with Gasteiger partial charge in [0.25, 0.3) is 0 Å². The lowest BCUT2D eigenvalue weighted by Gasteiger charge is -2.34. The Morgan fingerprint density at radius 2 is 1.53 bits per heavy atom. The third-order valence-corrected chi connectivity index (χ3v) is 6.51. The SMILES string of the molecule is O=C(COCC(=O)N1CCC(OC(c2ccccc2)c2ccccc2)CC1)Nc1ccc(Cl)cc1C(=O)O. The zero-order chi connectivity index (χ0) is 26.9. The molecule has 0 radical (unpaired) electrons. The molecule has 38 heavy (non-hydrogen) atoms. The highest BCUT2D eigenvalue weighted by Gasteiger charge is 2.27. The minimum atomic E-state index is -1.22. The number of halogens is 1. The van der Waals surface area contributed by atoms with E-state index in [1.165, 1.54) is 18.2 Å². The normalized spacial score (nSPS) is 13.9. The fourth-order valence-corrected chi connectivity index (χ4v) is 4.52. The first-order chi connectivity index (χ1) is 18.4. The number of nitrogens with one attached hydrogen (secondary N) is 1. The van der Waals surface area contributed by atoms with Crippen LogP contribution in [0.25, 0.3) is 0 Å². The number of hydrogen-bond acceptors (Lipinski definition) is 5. The zero-order valence-corrected chi connectivity index (χ0v) is 21.5. The minimum absolute atomic E-state index is 0.000958. The Hall–Kier alpha value is -3.72. The third kappa shape index (κ3) is 7.41. The average molecular weight is 537 g/mol. The molecule has 0 saturated carbocycles. The topological polar surface area (TPSA) is 105 Å². The van der Waals surface area contributed by atoms with E-state index in [9.17, 15) is 19.5 Å². The number of nitrogens with zero attached hydrogens (tertiary/aromatic N) is 1. The Kier molecular flexibility index (Phi) is 9.48. The van der Waals surface area contributed by atoms with Crippen molar-refractivity contribution < 1.29 is 29.0 Å². The van der Waals surface area contributed by atoms with Gasteiger partial charge in [0.05, 0.1) is 17.4 Å². The molecule has 0 spiro atoms. The number of anilines is 1. The van der Waals surface area contributed by atoms with Gasteiger partial charge in [0.15, 0.2) is 0 Å². The predicted octanol–water partition coefficient (Wildman–Crippen LogP) is 4.79. The van der Waals surface area contributed by atoms with Crippen LogP contribution >= 0.6 is 11.6 Å². The predicted molar refractivity (Wildman–Crippen MR) is 143 cm³/mol. The zero-order valence-electron chi connectivity index (χ0n) is 20.7. The molecular weight excluding hydrogens is 508 g/mol. The number of benzene rings is 3.